The van der Waals surface area contributed by atoms with Crippen molar-refractivity contribution in [2.75, 3.05) is 7.05 Å². The number of benzene rings is 1. The SMILES string of the molecule is CN(C(=O)Oc1ncc(C#Cc2cccc(F)c2)cc1F)C(C)(C)C. The molecule has 0 N–H and O–H groups in total. The zero-order valence-electron chi connectivity index (χ0n) is 14.4. The maximum atomic E-state index is 14.1. The molecule has 1 amide bonds. The molecule has 1 heterocycles. The van der Waals surface area contributed by atoms with E-state index in [0.717, 1.165) is 6.07 Å². The molecule has 0 atom stereocenters. The van der Waals surface area contributed by atoms with Crippen molar-refractivity contribution < 1.29 is 18.3 Å². The minimum absolute atomic E-state index is 0.283. The summed E-state index contributed by atoms with van der Waals surface area (Å²) in [5, 5.41) is 0. The zero-order chi connectivity index (χ0) is 18.6. The van der Waals surface area contributed by atoms with E-state index in [1.807, 2.05) is 20.8 Å². The summed E-state index contributed by atoms with van der Waals surface area (Å²) in [5.41, 5.74) is 0.276. The largest absolute Gasteiger partial charge is 0.416 e. The molecule has 0 fully saturated rings. The van der Waals surface area contributed by atoms with Crippen LogP contribution in [0.1, 0.15) is 31.9 Å². The van der Waals surface area contributed by atoms with Crippen molar-refractivity contribution in [3.8, 4) is 17.7 Å². The van der Waals surface area contributed by atoms with Crippen LogP contribution in [0.4, 0.5) is 13.6 Å². The normalized spacial score (nSPS) is 10.6. The van der Waals surface area contributed by atoms with Crippen molar-refractivity contribution in [1.82, 2.24) is 9.88 Å². The van der Waals surface area contributed by atoms with E-state index >= 15 is 0 Å². The van der Waals surface area contributed by atoms with E-state index in [4.69, 9.17) is 4.74 Å². The van der Waals surface area contributed by atoms with Crippen molar-refractivity contribution in [2.24, 2.45) is 0 Å². The van der Waals surface area contributed by atoms with Gasteiger partial charge < -0.3 is 9.64 Å². The molecule has 0 aliphatic rings. The van der Waals surface area contributed by atoms with E-state index in [2.05, 4.69) is 16.8 Å². The molecule has 0 aliphatic carbocycles. The van der Waals surface area contributed by atoms with Crippen LogP contribution < -0.4 is 4.74 Å². The fourth-order valence-electron chi connectivity index (χ4n) is 1.70. The van der Waals surface area contributed by atoms with Gasteiger partial charge in [0.05, 0.1) is 0 Å². The molecule has 130 valence electrons. The van der Waals surface area contributed by atoms with E-state index in [0.29, 0.717) is 5.56 Å². The van der Waals surface area contributed by atoms with Crippen LogP contribution in [0.25, 0.3) is 0 Å². The Bertz CT molecular complexity index is 848. The number of rotatable bonds is 1. The summed E-state index contributed by atoms with van der Waals surface area (Å²) in [6.07, 6.45) is 0.576. The predicted molar refractivity (Wildman–Crippen MR) is 90.1 cm³/mol. The number of ether oxygens (including phenoxy) is 1. The molecule has 1 aromatic heterocycles. The lowest BCUT2D eigenvalue weighted by Gasteiger charge is -2.30. The lowest BCUT2D eigenvalue weighted by atomic mass is 10.1. The molecule has 0 saturated carbocycles. The Morgan fingerprint density at radius 1 is 1.16 bits per heavy atom. The van der Waals surface area contributed by atoms with Crippen molar-refractivity contribution in [3.63, 3.8) is 0 Å². The molecule has 2 rings (SSSR count). The fourth-order valence-corrected chi connectivity index (χ4v) is 1.70. The van der Waals surface area contributed by atoms with Crippen LogP contribution in [-0.2, 0) is 0 Å². The van der Waals surface area contributed by atoms with Gasteiger partial charge in [-0.25, -0.2) is 18.6 Å². The summed E-state index contributed by atoms with van der Waals surface area (Å²) in [4.78, 5) is 17.1. The van der Waals surface area contributed by atoms with Gasteiger partial charge >= 0.3 is 6.09 Å². The first kappa shape index (κ1) is 18.4. The summed E-state index contributed by atoms with van der Waals surface area (Å²) in [6.45, 7) is 5.47. The number of carbonyl (C=O) groups is 1. The Labute approximate surface area is 145 Å². The maximum Gasteiger partial charge on any atom is 0.416 e. The van der Waals surface area contributed by atoms with E-state index < -0.39 is 29.1 Å². The molecule has 0 saturated heterocycles. The van der Waals surface area contributed by atoms with Crippen molar-refractivity contribution in [1.29, 1.82) is 0 Å². The standard InChI is InChI=1S/C19H18F2N2O2/c1-19(2,3)23(4)18(24)25-17-16(21)11-14(12-22-17)9-8-13-6-5-7-15(20)10-13/h5-7,10-12H,1-4H3. The van der Waals surface area contributed by atoms with Crippen molar-refractivity contribution in [2.45, 2.75) is 26.3 Å². The molecule has 0 radical (unpaired) electrons. The monoisotopic (exact) mass is 344 g/mol. The van der Waals surface area contributed by atoms with Gasteiger partial charge in [-0.3, -0.25) is 0 Å². The molecular weight excluding hydrogens is 326 g/mol. The highest BCUT2D eigenvalue weighted by molar-refractivity contribution is 5.70. The number of aromatic nitrogens is 1. The third kappa shape index (κ3) is 5.01. The van der Waals surface area contributed by atoms with Gasteiger partial charge in [-0.1, -0.05) is 17.9 Å². The van der Waals surface area contributed by atoms with E-state index in [1.54, 1.807) is 13.1 Å². The van der Waals surface area contributed by atoms with Crippen LogP contribution in [0.15, 0.2) is 36.5 Å². The molecule has 1 aromatic carbocycles. The van der Waals surface area contributed by atoms with Crippen molar-refractivity contribution >= 4 is 6.09 Å². The first-order valence-electron chi connectivity index (χ1n) is 7.55. The van der Waals surface area contributed by atoms with Crippen molar-refractivity contribution in [3.05, 3.63) is 59.3 Å². The highest BCUT2D eigenvalue weighted by Crippen LogP contribution is 2.18. The van der Waals surface area contributed by atoms with Crippen LogP contribution >= 0.6 is 0 Å². The molecular formula is C19H18F2N2O2. The molecule has 0 bridgehead atoms. The van der Waals surface area contributed by atoms with Gasteiger partial charge in [0, 0.05) is 29.9 Å². The molecule has 4 nitrogen and oxygen atoms in total. The van der Waals surface area contributed by atoms with Crippen LogP contribution in [0.2, 0.25) is 0 Å². The Kier molecular flexibility index (Phi) is 5.38. The highest BCUT2D eigenvalue weighted by Gasteiger charge is 2.25. The molecule has 2 aromatic rings. The lowest BCUT2D eigenvalue weighted by molar-refractivity contribution is 0.121. The topological polar surface area (TPSA) is 42.4 Å². The average Bonchev–Trinajstić information content (AvgIpc) is 2.53. The minimum atomic E-state index is -0.804. The van der Waals surface area contributed by atoms with Gasteiger partial charge in [0.1, 0.15) is 5.82 Å². The Hall–Kier alpha value is -2.94. The minimum Gasteiger partial charge on any atom is -0.388 e. The maximum absolute atomic E-state index is 14.1. The van der Waals surface area contributed by atoms with E-state index in [1.165, 1.54) is 29.3 Å². The van der Waals surface area contributed by atoms with Gasteiger partial charge in [-0.2, -0.15) is 0 Å². The van der Waals surface area contributed by atoms with Crippen LogP contribution in [-0.4, -0.2) is 28.6 Å². The molecule has 0 aliphatic heterocycles. The summed E-state index contributed by atoms with van der Waals surface area (Å²) >= 11 is 0. The summed E-state index contributed by atoms with van der Waals surface area (Å²) < 4.78 is 32.1. The van der Waals surface area contributed by atoms with Gasteiger partial charge in [0.15, 0.2) is 5.82 Å². The first-order chi connectivity index (χ1) is 11.7. The van der Waals surface area contributed by atoms with Gasteiger partial charge in [0.2, 0.25) is 0 Å². The summed E-state index contributed by atoms with van der Waals surface area (Å²) in [6, 6.07) is 6.86. The zero-order valence-corrected chi connectivity index (χ0v) is 14.4. The smallest absolute Gasteiger partial charge is 0.388 e. The second-order valence-corrected chi connectivity index (χ2v) is 6.37. The third-order valence-electron chi connectivity index (χ3n) is 3.45. The number of pyridine rings is 1. The number of hydrogen-bond acceptors (Lipinski definition) is 3. The Balaban J connectivity index is 2.15. The Morgan fingerprint density at radius 2 is 1.84 bits per heavy atom. The van der Waals surface area contributed by atoms with Crippen LogP contribution in [0.5, 0.6) is 5.88 Å². The fraction of sp³-hybridized carbons (Fsp3) is 0.263. The van der Waals surface area contributed by atoms with Gasteiger partial charge in [-0.05, 0) is 45.0 Å². The summed E-state index contributed by atoms with van der Waals surface area (Å²) in [7, 11) is 1.55. The lowest BCUT2D eigenvalue weighted by Crippen LogP contribution is -2.44. The second-order valence-electron chi connectivity index (χ2n) is 6.37. The quantitative estimate of drug-likeness (QED) is 0.735. The Morgan fingerprint density at radius 3 is 2.44 bits per heavy atom. The van der Waals surface area contributed by atoms with E-state index in [-0.39, 0.29) is 5.56 Å². The van der Waals surface area contributed by atoms with Gasteiger partial charge in [0.25, 0.3) is 5.88 Å². The second kappa shape index (κ2) is 7.31. The number of amides is 1. The predicted octanol–water partition coefficient (Wildman–Crippen LogP) is 3.99. The van der Waals surface area contributed by atoms with Crippen LogP contribution in [0, 0.1) is 23.5 Å². The average molecular weight is 344 g/mol. The first-order valence-corrected chi connectivity index (χ1v) is 7.55. The molecule has 0 spiro atoms. The number of halogens is 2. The molecule has 25 heavy (non-hydrogen) atoms. The van der Waals surface area contributed by atoms with Gasteiger partial charge in [-0.15, -0.1) is 0 Å². The molecule has 0 unspecified atom stereocenters. The number of nitrogens with zero attached hydrogens (tertiary/aromatic N) is 2. The number of carbonyl (C=O) groups excluding carboxylic acids is 1. The number of hydrogen-bond donors (Lipinski definition) is 0. The van der Waals surface area contributed by atoms with Crippen LogP contribution in [0.3, 0.4) is 0 Å². The molecule has 6 heteroatoms. The summed E-state index contributed by atoms with van der Waals surface area (Å²) in [5.74, 6) is 3.78. The third-order valence-corrected chi connectivity index (χ3v) is 3.45. The highest BCUT2D eigenvalue weighted by atomic mass is 19.1. The van der Waals surface area contributed by atoms with E-state index in [9.17, 15) is 13.6 Å².